The average Bonchev–Trinajstić information content (AvgIpc) is 2.93. The van der Waals surface area contributed by atoms with Gasteiger partial charge in [-0.05, 0) is 37.6 Å². The van der Waals surface area contributed by atoms with Gasteiger partial charge in [0, 0.05) is 0 Å². The summed E-state index contributed by atoms with van der Waals surface area (Å²) < 4.78 is 1.86. The van der Waals surface area contributed by atoms with Crippen LogP contribution in [0.2, 0.25) is 0 Å². The summed E-state index contributed by atoms with van der Waals surface area (Å²) >= 11 is 1.27. The maximum Gasteiger partial charge on any atom is 0.318 e. The molecule has 0 unspecified atom stereocenters. The molecule has 0 bridgehead atoms. The van der Waals surface area contributed by atoms with Crippen LogP contribution in [0, 0.1) is 18.3 Å². The van der Waals surface area contributed by atoms with Crippen LogP contribution in [0.3, 0.4) is 0 Å². The average molecular weight is 353 g/mol. The van der Waals surface area contributed by atoms with Crippen molar-refractivity contribution in [2.75, 3.05) is 0 Å². The van der Waals surface area contributed by atoms with E-state index in [4.69, 9.17) is 5.73 Å². The van der Waals surface area contributed by atoms with E-state index in [1.54, 1.807) is 6.92 Å². The molecule has 0 aliphatic carbocycles. The van der Waals surface area contributed by atoms with Gasteiger partial charge >= 0.3 is 6.03 Å². The first-order chi connectivity index (χ1) is 11.9. The molecule has 0 spiro atoms. The predicted octanol–water partition coefficient (Wildman–Crippen LogP) is 2.34. The summed E-state index contributed by atoms with van der Waals surface area (Å²) in [6, 6.07) is 10.7. The number of amides is 3. The number of hydrogen-bond donors (Lipinski definition) is 2. The van der Waals surface area contributed by atoms with Crippen molar-refractivity contribution in [2.45, 2.75) is 24.1 Å². The van der Waals surface area contributed by atoms with Crippen molar-refractivity contribution >= 4 is 40.4 Å². The molecule has 2 heterocycles. The highest BCUT2D eigenvalue weighted by molar-refractivity contribution is 8.00. The lowest BCUT2D eigenvalue weighted by Gasteiger charge is -2.13. The Morgan fingerprint density at radius 1 is 1.40 bits per heavy atom. The van der Waals surface area contributed by atoms with E-state index in [1.807, 2.05) is 41.7 Å². The fourth-order valence-corrected chi connectivity index (χ4v) is 3.66. The van der Waals surface area contributed by atoms with Crippen LogP contribution in [0.15, 0.2) is 35.4 Å². The normalized spacial score (nSPS) is 12.0. The summed E-state index contributed by atoms with van der Waals surface area (Å²) in [5.41, 5.74) is 8.43. The molecular formula is C17H15N5O2S. The van der Waals surface area contributed by atoms with Gasteiger partial charge in [-0.3, -0.25) is 14.5 Å². The summed E-state index contributed by atoms with van der Waals surface area (Å²) in [7, 11) is 0. The number of rotatable bonds is 3. The van der Waals surface area contributed by atoms with Crippen LogP contribution in [-0.2, 0) is 4.79 Å². The zero-order valence-electron chi connectivity index (χ0n) is 13.6. The van der Waals surface area contributed by atoms with Gasteiger partial charge in [-0.25, -0.2) is 9.78 Å². The van der Waals surface area contributed by atoms with Crippen molar-refractivity contribution in [3.8, 4) is 6.07 Å². The number of carbonyl (C=O) groups excluding carboxylic acids is 2. The summed E-state index contributed by atoms with van der Waals surface area (Å²) in [6.45, 7) is 3.51. The zero-order chi connectivity index (χ0) is 18.1. The standard InChI is InChI=1S/C17H15N5O2S/c1-9-7-14(25-10(2)16(23)21-17(19)24)22-13-6-4-3-5-12(13)20-15(22)11(9)8-18/h3-7,10H,1-2H3,(H3,19,21,23,24)/t10-/m1/s1. The molecule has 0 saturated heterocycles. The van der Waals surface area contributed by atoms with E-state index in [0.29, 0.717) is 11.2 Å². The van der Waals surface area contributed by atoms with E-state index >= 15 is 0 Å². The second-order valence-corrected chi connectivity index (χ2v) is 6.89. The molecule has 1 aromatic carbocycles. The Bertz CT molecular complexity index is 1050. The molecule has 8 heteroatoms. The maximum absolute atomic E-state index is 12.0. The van der Waals surface area contributed by atoms with Gasteiger partial charge in [-0.1, -0.05) is 23.9 Å². The second kappa shape index (κ2) is 6.45. The summed E-state index contributed by atoms with van der Waals surface area (Å²) in [5, 5.41) is 11.8. The number of para-hydroxylation sites is 2. The molecule has 3 aromatic rings. The maximum atomic E-state index is 12.0. The molecule has 3 N–H and O–H groups in total. The number of nitrogens with zero attached hydrogens (tertiary/aromatic N) is 3. The van der Waals surface area contributed by atoms with Crippen LogP contribution in [-0.4, -0.2) is 26.6 Å². The molecule has 3 amide bonds. The summed E-state index contributed by atoms with van der Waals surface area (Å²) in [5.74, 6) is -0.475. The van der Waals surface area contributed by atoms with E-state index in [-0.39, 0.29) is 0 Å². The third-order valence-electron chi connectivity index (χ3n) is 3.76. The first-order valence-corrected chi connectivity index (χ1v) is 8.38. The number of thioether (sulfide) groups is 1. The minimum absolute atomic E-state index is 0.475. The Kier molecular flexibility index (Phi) is 4.33. The van der Waals surface area contributed by atoms with Gasteiger partial charge in [-0.15, -0.1) is 0 Å². The van der Waals surface area contributed by atoms with Gasteiger partial charge < -0.3 is 5.73 Å². The van der Waals surface area contributed by atoms with Crippen molar-refractivity contribution in [1.29, 1.82) is 5.26 Å². The monoisotopic (exact) mass is 353 g/mol. The third kappa shape index (κ3) is 3.02. The number of aryl methyl sites for hydroxylation is 1. The Hall–Kier alpha value is -3.05. The largest absolute Gasteiger partial charge is 0.351 e. The van der Waals surface area contributed by atoms with Gasteiger partial charge in [0.2, 0.25) is 5.91 Å². The number of nitrogens with two attached hydrogens (primary N) is 1. The van der Waals surface area contributed by atoms with Crippen molar-refractivity contribution in [3.05, 3.63) is 41.5 Å². The molecule has 0 fully saturated rings. The number of urea groups is 1. The topological polar surface area (TPSA) is 113 Å². The number of imide groups is 1. The molecule has 1 atom stereocenters. The molecule has 0 aliphatic heterocycles. The molecule has 126 valence electrons. The number of nitriles is 1. The van der Waals surface area contributed by atoms with Gasteiger partial charge in [0.05, 0.1) is 26.9 Å². The number of fused-ring (bicyclic) bond motifs is 3. The zero-order valence-corrected chi connectivity index (χ0v) is 14.4. The fourth-order valence-electron chi connectivity index (χ4n) is 2.60. The highest BCUT2D eigenvalue weighted by Gasteiger charge is 2.20. The molecule has 0 aliphatic rings. The van der Waals surface area contributed by atoms with Gasteiger partial charge in [-0.2, -0.15) is 5.26 Å². The van der Waals surface area contributed by atoms with Crippen LogP contribution in [0.5, 0.6) is 0 Å². The lowest BCUT2D eigenvalue weighted by molar-refractivity contribution is -0.119. The number of primary amides is 1. The van der Waals surface area contributed by atoms with E-state index in [9.17, 15) is 14.9 Å². The number of imidazole rings is 1. The Labute approximate surface area is 147 Å². The Morgan fingerprint density at radius 3 is 2.80 bits per heavy atom. The second-order valence-electron chi connectivity index (χ2n) is 5.53. The lowest BCUT2D eigenvalue weighted by atomic mass is 10.2. The fraction of sp³-hybridized carbons (Fsp3) is 0.176. The summed E-state index contributed by atoms with van der Waals surface area (Å²) in [4.78, 5) is 27.4. The van der Waals surface area contributed by atoms with E-state index in [1.165, 1.54) is 11.8 Å². The number of hydrogen-bond acceptors (Lipinski definition) is 5. The van der Waals surface area contributed by atoms with Gasteiger partial charge in [0.25, 0.3) is 0 Å². The quantitative estimate of drug-likeness (QED) is 0.702. The minimum atomic E-state index is -0.883. The number of pyridine rings is 1. The van der Waals surface area contributed by atoms with E-state index in [0.717, 1.165) is 21.6 Å². The molecule has 0 saturated carbocycles. The van der Waals surface area contributed by atoms with Crippen LogP contribution in [0.25, 0.3) is 16.7 Å². The predicted molar refractivity (Wildman–Crippen MR) is 95.2 cm³/mol. The molecular weight excluding hydrogens is 338 g/mol. The molecule has 7 nitrogen and oxygen atoms in total. The number of nitrogens with one attached hydrogen (secondary N) is 1. The molecule has 2 aromatic heterocycles. The highest BCUT2D eigenvalue weighted by Crippen LogP contribution is 2.31. The smallest absolute Gasteiger partial charge is 0.318 e. The first-order valence-electron chi connectivity index (χ1n) is 7.50. The van der Waals surface area contributed by atoms with Crippen molar-refractivity contribution in [2.24, 2.45) is 5.73 Å². The number of carbonyl (C=O) groups is 2. The Balaban J connectivity index is 2.16. The lowest BCUT2D eigenvalue weighted by Crippen LogP contribution is -2.39. The number of benzene rings is 1. The number of aromatic nitrogens is 2. The van der Waals surface area contributed by atoms with E-state index < -0.39 is 17.2 Å². The van der Waals surface area contributed by atoms with Crippen LogP contribution < -0.4 is 11.1 Å². The first kappa shape index (κ1) is 16.8. The van der Waals surface area contributed by atoms with E-state index in [2.05, 4.69) is 16.4 Å². The van der Waals surface area contributed by atoms with Crippen molar-refractivity contribution < 1.29 is 9.59 Å². The summed E-state index contributed by atoms with van der Waals surface area (Å²) in [6.07, 6.45) is 0. The van der Waals surface area contributed by atoms with Crippen molar-refractivity contribution in [3.63, 3.8) is 0 Å². The highest BCUT2D eigenvalue weighted by atomic mass is 32.2. The third-order valence-corrected chi connectivity index (χ3v) is 4.87. The van der Waals surface area contributed by atoms with Crippen molar-refractivity contribution in [1.82, 2.24) is 14.7 Å². The SMILES string of the molecule is Cc1cc(S[C@H](C)C(=O)NC(N)=O)n2c(nc3ccccc32)c1C#N. The van der Waals surface area contributed by atoms with Crippen LogP contribution >= 0.6 is 11.8 Å². The molecule has 0 radical (unpaired) electrons. The Morgan fingerprint density at radius 2 is 2.12 bits per heavy atom. The molecule has 3 rings (SSSR count). The molecule has 25 heavy (non-hydrogen) atoms. The van der Waals surface area contributed by atoms with Gasteiger partial charge in [0.15, 0.2) is 5.65 Å². The minimum Gasteiger partial charge on any atom is -0.351 e. The van der Waals surface area contributed by atoms with Crippen LogP contribution in [0.1, 0.15) is 18.1 Å². The van der Waals surface area contributed by atoms with Crippen LogP contribution in [0.4, 0.5) is 4.79 Å². The van der Waals surface area contributed by atoms with Gasteiger partial charge in [0.1, 0.15) is 6.07 Å².